The Hall–Kier alpha value is -3.03. The molecular formula is C26H29ClN2O4S. The molecule has 6 nitrogen and oxygen atoms in total. The molecule has 0 saturated heterocycles. The second-order valence-electron chi connectivity index (χ2n) is 8.41. The minimum atomic E-state index is -3.79. The number of carbonyl (C=O) groups excluding carboxylic acids is 1. The Morgan fingerprint density at radius 2 is 1.56 bits per heavy atom. The Morgan fingerprint density at radius 3 is 2.21 bits per heavy atom. The van der Waals surface area contributed by atoms with Crippen LogP contribution in [0, 0.1) is 27.7 Å². The highest BCUT2D eigenvalue weighted by Gasteiger charge is 2.16. The van der Waals surface area contributed by atoms with Crippen molar-refractivity contribution >= 4 is 33.2 Å². The van der Waals surface area contributed by atoms with Crippen molar-refractivity contribution in [3.05, 3.63) is 87.4 Å². The third kappa shape index (κ3) is 6.30. The number of carbonyl (C=O) groups is 1. The van der Waals surface area contributed by atoms with Crippen LogP contribution in [-0.2, 0) is 14.8 Å². The lowest BCUT2D eigenvalue weighted by Crippen LogP contribution is -2.31. The van der Waals surface area contributed by atoms with Crippen molar-refractivity contribution in [3.63, 3.8) is 0 Å². The van der Waals surface area contributed by atoms with Gasteiger partial charge in [0.2, 0.25) is 0 Å². The highest BCUT2D eigenvalue weighted by atomic mass is 35.5. The Morgan fingerprint density at radius 1 is 0.912 bits per heavy atom. The van der Waals surface area contributed by atoms with Crippen molar-refractivity contribution in [3.8, 4) is 5.75 Å². The standard InChI is InChI=1S/C26H29ClN2O4S/c1-16-6-7-21(14-25(16)27)29-34(31,32)23-10-8-22(9-11-23)33-15-26(30)28-20(5)24-13-18(3)17(2)12-19(24)4/h6-14,20,29H,15H2,1-5H3,(H,28,30)/t20-/m0/s1. The Balaban J connectivity index is 1.58. The molecule has 1 amide bonds. The highest BCUT2D eigenvalue weighted by molar-refractivity contribution is 7.92. The van der Waals surface area contributed by atoms with Crippen LogP contribution in [0.3, 0.4) is 0 Å². The van der Waals surface area contributed by atoms with Crippen LogP contribution in [0.25, 0.3) is 0 Å². The van der Waals surface area contributed by atoms with Gasteiger partial charge in [-0.25, -0.2) is 8.42 Å². The summed E-state index contributed by atoms with van der Waals surface area (Å²) in [5.74, 6) is 0.127. The van der Waals surface area contributed by atoms with E-state index in [0.717, 1.165) is 16.7 Å². The van der Waals surface area contributed by atoms with Crippen LogP contribution in [0.1, 0.15) is 40.8 Å². The first-order chi connectivity index (χ1) is 16.0. The monoisotopic (exact) mass is 500 g/mol. The van der Waals surface area contributed by atoms with Gasteiger partial charge in [0.05, 0.1) is 16.6 Å². The maximum Gasteiger partial charge on any atom is 0.261 e. The van der Waals surface area contributed by atoms with E-state index in [1.165, 1.54) is 35.4 Å². The van der Waals surface area contributed by atoms with Gasteiger partial charge in [0.1, 0.15) is 5.75 Å². The lowest BCUT2D eigenvalue weighted by Gasteiger charge is -2.18. The minimum absolute atomic E-state index is 0.0693. The van der Waals surface area contributed by atoms with Gasteiger partial charge in [0, 0.05) is 5.02 Å². The van der Waals surface area contributed by atoms with Gasteiger partial charge < -0.3 is 10.1 Å². The number of halogens is 1. The minimum Gasteiger partial charge on any atom is -0.484 e. The zero-order chi connectivity index (χ0) is 25.0. The molecule has 8 heteroatoms. The zero-order valence-electron chi connectivity index (χ0n) is 19.9. The van der Waals surface area contributed by atoms with E-state index in [4.69, 9.17) is 16.3 Å². The van der Waals surface area contributed by atoms with Crippen LogP contribution < -0.4 is 14.8 Å². The fourth-order valence-corrected chi connectivity index (χ4v) is 4.77. The topological polar surface area (TPSA) is 84.5 Å². The van der Waals surface area contributed by atoms with E-state index < -0.39 is 10.0 Å². The van der Waals surface area contributed by atoms with E-state index in [-0.39, 0.29) is 23.5 Å². The number of amides is 1. The third-order valence-electron chi connectivity index (χ3n) is 5.65. The van der Waals surface area contributed by atoms with Gasteiger partial charge >= 0.3 is 0 Å². The number of anilines is 1. The molecule has 3 aromatic rings. The van der Waals surface area contributed by atoms with E-state index >= 15 is 0 Å². The molecule has 0 fully saturated rings. The molecule has 0 heterocycles. The highest BCUT2D eigenvalue weighted by Crippen LogP contribution is 2.24. The van der Waals surface area contributed by atoms with Crippen molar-refractivity contribution in [2.45, 2.75) is 45.6 Å². The predicted molar refractivity (Wildman–Crippen MR) is 136 cm³/mol. The number of hydrogen-bond donors (Lipinski definition) is 2. The average Bonchev–Trinajstić information content (AvgIpc) is 2.77. The fraction of sp³-hybridized carbons (Fsp3) is 0.269. The second-order valence-corrected chi connectivity index (χ2v) is 10.5. The van der Waals surface area contributed by atoms with E-state index in [1.54, 1.807) is 18.2 Å². The van der Waals surface area contributed by atoms with Crippen LogP contribution >= 0.6 is 11.6 Å². The molecule has 0 spiro atoms. The van der Waals surface area contributed by atoms with Crippen molar-refractivity contribution in [2.24, 2.45) is 0 Å². The van der Waals surface area contributed by atoms with Gasteiger partial charge in [-0.05, 0) is 98.8 Å². The second kappa shape index (κ2) is 10.5. The number of rotatable bonds is 8. The largest absolute Gasteiger partial charge is 0.484 e. The van der Waals surface area contributed by atoms with Crippen LogP contribution in [0.2, 0.25) is 5.02 Å². The van der Waals surface area contributed by atoms with Crippen LogP contribution in [0.4, 0.5) is 5.69 Å². The number of aryl methyl sites for hydroxylation is 4. The molecule has 0 aliphatic heterocycles. The van der Waals surface area contributed by atoms with E-state index in [2.05, 4.69) is 29.1 Å². The molecule has 3 aromatic carbocycles. The molecule has 0 saturated carbocycles. The van der Waals surface area contributed by atoms with E-state index in [9.17, 15) is 13.2 Å². The summed E-state index contributed by atoms with van der Waals surface area (Å²) in [6.45, 7) is 9.73. The smallest absolute Gasteiger partial charge is 0.261 e. The first-order valence-electron chi connectivity index (χ1n) is 10.8. The number of nitrogens with one attached hydrogen (secondary N) is 2. The number of hydrogen-bond acceptors (Lipinski definition) is 4. The molecule has 0 radical (unpaired) electrons. The normalized spacial score (nSPS) is 12.2. The van der Waals surface area contributed by atoms with Crippen molar-refractivity contribution in [1.82, 2.24) is 5.32 Å². The molecule has 180 valence electrons. The molecule has 34 heavy (non-hydrogen) atoms. The Bertz CT molecular complexity index is 1310. The van der Waals surface area contributed by atoms with Gasteiger partial charge in [-0.15, -0.1) is 0 Å². The van der Waals surface area contributed by atoms with Gasteiger partial charge in [-0.1, -0.05) is 29.8 Å². The molecule has 0 unspecified atom stereocenters. The molecule has 3 rings (SSSR count). The quantitative estimate of drug-likeness (QED) is 0.419. The lowest BCUT2D eigenvalue weighted by molar-refractivity contribution is -0.123. The molecule has 0 aromatic heterocycles. The van der Waals surface area contributed by atoms with Crippen LogP contribution in [0.15, 0.2) is 59.5 Å². The van der Waals surface area contributed by atoms with E-state index in [0.29, 0.717) is 16.5 Å². The molecular weight excluding hydrogens is 472 g/mol. The first kappa shape index (κ1) is 25.6. The summed E-state index contributed by atoms with van der Waals surface area (Å²) in [5, 5.41) is 3.42. The Labute approximate surface area is 206 Å². The summed E-state index contributed by atoms with van der Waals surface area (Å²) in [6, 6.07) is 14.9. The van der Waals surface area contributed by atoms with Gasteiger partial charge in [-0.3, -0.25) is 9.52 Å². The summed E-state index contributed by atoms with van der Waals surface area (Å²) < 4.78 is 33.3. The summed E-state index contributed by atoms with van der Waals surface area (Å²) in [7, 11) is -3.79. The SMILES string of the molecule is Cc1cc(C)c([C@H](C)NC(=O)COc2ccc(S(=O)(=O)Nc3ccc(C)c(Cl)c3)cc2)cc1C. The summed E-state index contributed by atoms with van der Waals surface area (Å²) in [4.78, 5) is 12.5. The van der Waals surface area contributed by atoms with Gasteiger partial charge in [0.15, 0.2) is 6.61 Å². The summed E-state index contributed by atoms with van der Waals surface area (Å²) in [6.07, 6.45) is 0. The first-order valence-corrected chi connectivity index (χ1v) is 12.7. The zero-order valence-corrected chi connectivity index (χ0v) is 21.5. The number of benzene rings is 3. The molecule has 2 N–H and O–H groups in total. The number of ether oxygens (including phenoxy) is 1. The summed E-state index contributed by atoms with van der Waals surface area (Å²) in [5.41, 5.74) is 5.80. The molecule has 0 bridgehead atoms. The maximum absolute atomic E-state index is 12.6. The van der Waals surface area contributed by atoms with Crippen molar-refractivity contribution in [2.75, 3.05) is 11.3 Å². The molecule has 1 atom stereocenters. The van der Waals surface area contributed by atoms with Gasteiger partial charge in [0.25, 0.3) is 15.9 Å². The average molecular weight is 501 g/mol. The Kier molecular flexibility index (Phi) is 7.89. The van der Waals surface area contributed by atoms with Crippen molar-refractivity contribution in [1.29, 1.82) is 0 Å². The third-order valence-corrected chi connectivity index (χ3v) is 7.46. The number of sulfonamides is 1. The predicted octanol–water partition coefficient (Wildman–Crippen LogP) is 5.63. The fourth-order valence-electron chi connectivity index (χ4n) is 3.54. The van der Waals surface area contributed by atoms with Crippen molar-refractivity contribution < 1.29 is 17.9 Å². The maximum atomic E-state index is 12.6. The molecule has 0 aliphatic carbocycles. The lowest BCUT2D eigenvalue weighted by atomic mass is 9.96. The summed E-state index contributed by atoms with van der Waals surface area (Å²) >= 11 is 6.07. The van der Waals surface area contributed by atoms with Crippen LogP contribution in [-0.4, -0.2) is 20.9 Å². The van der Waals surface area contributed by atoms with Crippen LogP contribution in [0.5, 0.6) is 5.75 Å². The molecule has 0 aliphatic rings. The van der Waals surface area contributed by atoms with E-state index in [1.807, 2.05) is 27.7 Å². The van der Waals surface area contributed by atoms with Gasteiger partial charge in [-0.2, -0.15) is 0 Å².